The highest BCUT2D eigenvalue weighted by molar-refractivity contribution is 5.47. The van der Waals surface area contributed by atoms with E-state index in [0.29, 0.717) is 11.3 Å². The Hall–Kier alpha value is -1.60. The number of hydrogen-bond acceptors (Lipinski definition) is 3. The molecule has 1 atom stereocenters. The Bertz CT molecular complexity index is 523. The van der Waals surface area contributed by atoms with E-state index in [1.165, 1.54) is 6.07 Å². The Balaban J connectivity index is 2.32. The summed E-state index contributed by atoms with van der Waals surface area (Å²) in [6, 6.07) is 4.99. The van der Waals surface area contributed by atoms with Crippen molar-refractivity contribution in [1.29, 1.82) is 5.26 Å². The molecular weight excluding hydrogens is 255 g/mol. The van der Waals surface area contributed by atoms with Gasteiger partial charge < -0.3 is 10.1 Å². The van der Waals surface area contributed by atoms with Crippen LogP contribution in [0.2, 0.25) is 0 Å². The van der Waals surface area contributed by atoms with Crippen molar-refractivity contribution in [3.05, 3.63) is 29.1 Å². The van der Waals surface area contributed by atoms with E-state index in [1.807, 2.05) is 26.8 Å². The largest absolute Gasteiger partial charge is 0.488 e. The molecule has 2 rings (SSSR count). The van der Waals surface area contributed by atoms with Crippen molar-refractivity contribution in [2.24, 2.45) is 0 Å². The molecule has 1 aromatic carbocycles. The van der Waals surface area contributed by atoms with Crippen molar-refractivity contribution < 1.29 is 9.13 Å². The lowest BCUT2D eigenvalue weighted by Gasteiger charge is -2.26. The van der Waals surface area contributed by atoms with E-state index in [9.17, 15) is 4.39 Å². The number of hydrogen-bond donors (Lipinski definition) is 1. The van der Waals surface area contributed by atoms with E-state index in [0.717, 1.165) is 25.9 Å². The second-order valence-corrected chi connectivity index (χ2v) is 6.28. The summed E-state index contributed by atoms with van der Waals surface area (Å²) in [5, 5.41) is 12.4. The van der Waals surface area contributed by atoms with Gasteiger partial charge in [0.25, 0.3) is 0 Å². The molecule has 0 amide bonds. The standard InChI is InChI=1S/C16H21FN2O/c1-16(2,3)13-8-15(11(9-18)7-14(13)17)20-12-5-4-6-19-10-12/h7-8,12,19H,4-6,10H2,1-3H3. The minimum Gasteiger partial charge on any atom is -0.488 e. The molecule has 108 valence electrons. The number of halogens is 1. The molecule has 4 heteroatoms. The van der Waals surface area contributed by atoms with Gasteiger partial charge in [-0.25, -0.2) is 4.39 Å². The lowest BCUT2D eigenvalue weighted by molar-refractivity contribution is 0.166. The van der Waals surface area contributed by atoms with Crippen LogP contribution < -0.4 is 10.1 Å². The molecule has 0 spiro atoms. The van der Waals surface area contributed by atoms with E-state index < -0.39 is 0 Å². The molecular formula is C16H21FN2O. The summed E-state index contributed by atoms with van der Waals surface area (Å²) in [4.78, 5) is 0. The molecule has 1 aliphatic rings. The van der Waals surface area contributed by atoms with Crippen LogP contribution in [0.4, 0.5) is 4.39 Å². The first-order valence-corrected chi connectivity index (χ1v) is 7.03. The van der Waals surface area contributed by atoms with Crippen LogP contribution in [0.3, 0.4) is 0 Å². The second kappa shape index (κ2) is 5.80. The minimum absolute atomic E-state index is 0.0501. The Morgan fingerprint density at radius 3 is 2.70 bits per heavy atom. The number of nitrogens with one attached hydrogen (secondary N) is 1. The number of benzene rings is 1. The zero-order valence-corrected chi connectivity index (χ0v) is 12.3. The smallest absolute Gasteiger partial charge is 0.138 e. The maximum Gasteiger partial charge on any atom is 0.138 e. The van der Waals surface area contributed by atoms with Crippen LogP contribution in [0, 0.1) is 17.1 Å². The van der Waals surface area contributed by atoms with Gasteiger partial charge in [0.1, 0.15) is 23.7 Å². The SMILES string of the molecule is CC(C)(C)c1cc(OC2CCCNC2)c(C#N)cc1F. The van der Waals surface area contributed by atoms with Gasteiger partial charge in [-0.2, -0.15) is 5.26 Å². The van der Waals surface area contributed by atoms with Crippen molar-refractivity contribution in [3.8, 4) is 11.8 Å². The van der Waals surface area contributed by atoms with E-state index in [1.54, 1.807) is 6.07 Å². The number of rotatable bonds is 2. The lowest BCUT2D eigenvalue weighted by atomic mass is 9.86. The van der Waals surface area contributed by atoms with E-state index in [2.05, 4.69) is 5.32 Å². The fraction of sp³-hybridized carbons (Fsp3) is 0.562. The first-order chi connectivity index (χ1) is 9.41. The fourth-order valence-corrected chi connectivity index (χ4v) is 2.41. The molecule has 20 heavy (non-hydrogen) atoms. The maximum absolute atomic E-state index is 14.1. The van der Waals surface area contributed by atoms with Gasteiger partial charge in [-0.15, -0.1) is 0 Å². The van der Waals surface area contributed by atoms with Crippen molar-refractivity contribution in [2.75, 3.05) is 13.1 Å². The topological polar surface area (TPSA) is 45.0 Å². The molecule has 0 saturated carbocycles. The Kier molecular flexibility index (Phi) is 4.29. The lowest BCUT2D eigenvalue weighted by Crippen LogP contribution is -2.37. The molecule has 1 heterocycles. The van der Waals surface area contributed by atoms with Crippen LogP contribution in [0.5, 0.6) is 5.75 Å². The highest BCUT2D eigenvalue weighted by Crippen LogP contribution is 2.32. The van der Waals surface area contributed by atoms with Crippen LogP contribution in [-0.2, 0) is 5.41 Å². The Labute approximate surface area is 119 Å². The molecule has 1 aliphatic heterocycles. The van der Waals surface area contributed by atoms with Gasteiger partial charge in [-0.3, -0.25) is 0 Å². The molecule has 0 bridgehead atoms. The monoisotopic (exact) mass is 276 g/mol. The number of ether oxygens (including phenoxy) is 1. The highest BCUT2D eigenvalue weighted by Gasteiger charge is 2.23. The molecule has 1 unspecified atom stereocenters. The molecule has 1 fully saturated rings. The molecule has 3 nitrogen and oxygen atoms in total. The predicted octanol–water partition coefficient (Wildman–Crippen LogP) is 3.13. The fourth-order valence-electron chi connectivity index (χ4n) is 2.41. The van der Waals surface area contributed by atoms with Gasteiger partial charge in [-0.1, -0.05) is 20.8 Å². The molecule has 0 radical (unpaired) electrons. The normalized spacial score (nSPS) is 19.4. The Morgan fingerprint density at radius 2 is 2.15 bits per heavy atom. The third-order valence-electron chi connectivity index (χ3n) is 3.54. The zero-order chi connectivity index (χ0) is 14.8. The van der Waals surface area contributed by atoms with Gasteiger partial charge in [0.15, 0.2) is 0 Å². The highest BCUT2D eigenvalue weighted by atomic mass is 19.1. The summed E-state index contributed by atoms with van der Waals surface area (Å²) < 4.78 is 20.0. The summed E-state index contributed by atoms with van der Waals surface area (Å²) in [6.45, 7) is 7.62. The van der Waals surface area contributed by atoms with Crippen molar-refractivity contribution in [3.63, 3.8) is 0 Å². The summed E-state index contributed by atoms with van der Waals surface area (Å²) >= 11 is 0. The third kappa shape index (κ3) is 3.29. The molecule has 1 aromatic rings. The molecule has 1 N–H and O–H groups in total. The quantitative estimate of drug-likeness (QED) is 0.902. The van der Waals surface area contributed by atoms with E-state index in [-0.39, 0.29) is 22.9 Å². The van der Waals surface area contributed by atoms with Gasteiger partial charge in [0.05, 0.1) is 5.56 Å². The van der Waals surface area contributed by atoms with Gasteiger partial charge in [0, 0.05) is 6.54 Å². The summed E-state index contributed by atoms with van der Waals surface area (Å²) in [5.41, 5.74) is 0.525. The van der Waals surface area contributed by atoms with Crippen molar-refractivity contribution in [2.45, 2.75) is 45.1 Å². The molecule has 1 saturated heterocycles. The van der Waals surface area contributed by atoms with Crippen LogP contribution in [-0.4, -0.2) is 19.2 Å². The predicted molar refractivity (Wildman–Crippen MR) is 76.3 cm³/mol. The van der Waals surface area contributed by atoms with Crippen molar-refractivity contribution in [1.82, 2.24) is 5.32 Å². The van der Waals surface area contributed by atoms with Gasteiger partial charge >= 0.3 is 0 Å². The van der Waals surface area contributed by atoms with E-state index in [4.69, 9.17) is 10.00 Å². The number of nitriles is 1. The second-order valence-electron chi connectivity index (χ2n) is 6.28. The first kappa shape index (κ1) is 14.8. The van der Waals surface area contributed by atoms with Crippen LogP contribution >= 0.6 is 0 Å². The number of nitrogens with zero attached hydrogens (tertiary/aromatic N) is 1. The molecule has 0 aliphatic carbocycles. The Morgan fingerprint density at radius 1 is 1.40 bits per heavy atom. The average molecular weight is 276 g/mol. The van der Waals surface area contributed by atoms with E-state index >= 15 is 0 Å². The van der Waals surface area contributed by atoms with Crippen LogP contribution in [0.1, 0.15) is 44.7 Å². The van der Waals surface area contributed by atoms with Gasteiger partial charge in [-0.05, 0) is 42.5 Å². The summed E-state index contributed by atoms with van der Waals surface area (Å²) in [5.74, 6) is 0.149. The average Bonchev–Trinajstić information content (AvgIpc) is 2.40. The van der Waals surface area contributed by atoms with Crippen molar-refractivity contribution >= 4 is 0 Å². The van der Waals surface area contributed by atoms with Crippen LogP contribution in [0.15, 0.2) is 12.1 Å². The van der Waals surface area contributed by atoms with Crippen LogP contribution in [0.25, 0.3) is 0 Å². The summed E-state index contributed by atoms with van der Waals surface area (Å²) in [7, 11) is 0. The third-order valence-corrected chi connectivity index (χ3v) is 3.54. The molecule has 0 aromatic heterocycles. The summed E-state index contributed by atoms with van der Waals surface area (Å²) in [6.07, 6.45) is 2.06. The number of piperidine rings is 1. The minimum atomic E-state index is -0.344. The first-order valence-electron chi connectivity index (χ1n) is 7.03. The zero-order valence-electron chi connectivity index (χ0n) is 12.3. The maximum atomic E-state index is 14.1. The van der Waals surface area contributed by atoms with Gasteiger partial charge in [0.2, 0.25) is 0 Å².